The molecule has 3 heterocycles. The third kappa shape index (κ3) is 6.24. The fourth-order valence-electron chi connectivity index (χ4n) is 5.41. The minimum Gasteiger partial charge on any atom is -0.493 e. The van der Waals surface area contributed by atoms with Gasteiger partial charge in [0.2, 0.25) is 0 Å². The Hall–Kier alpha value is -4.48. The molecule has 12 heteroatoms. The first-order chi connectivity index (χ1) is 21.0. The Kier molecular flexibility index (Phi) is 8.89. The summed E-state index contributed by atoms with van der Waals surface area (Å²) < 4.78 is 63.2. The maximum Gasteiger partial charge on any atom is 0.417 e. The van der Waals surface area contributed by atoms with Crippen LogP contribution in [0.5, 0.6) is 5.75 Å². The summed E-state index contributed by atoms with van der Waals surface area (Å²) in [6, 6.07) is 2.64. The highest BCUT2D eigenvalue weighted by Crippen LogP contribution is 2.38. The maximum absolute atomic E-state index is 13.5. The van der Waals surface area contributed by atoms with Crippen molar-refractivity contribution in [2.45, 2.75) is 70.5 Å². The smallest absolute Gasteiger partial charge is 0.417 e. The second-order valence-electron chi connectivity index (χ2n) is 10.9. The number of carbonyl (C=O) groups excluding carboxylic acids is 2. The Morgan fingerprint density at radius 1 is 1.11 bits per heavy atom. The van der Waals surface area contributed by atoms with Gasteiger partial charge in [-0.25, -0.2) is 9.59 Å². The first kappa shape index (κ1) is 31.0. The van der Waals surface area contributed by atoms with Crippen LogP contribution < -0.4 is 15.7 Å². The van der Waals surface area contributed by atoms with E-state index in [4.69, 9.17) is 18.6 Å². The number of urea groups is 1. The zero-order valence-electron chi connectivity index (χ0n) is 24.4. The molecule has 1 fully saturated rings. The van der Waals surface area contributed by atoms with E-state index in [9.17, 15) is 27.6 Å². The fourth-order valence-corrected chi connectivity index (χ4v) is 5.41. The van der Waals surface area contributed by atoms with Gasteiger partial charge < -0.3 is 23.9 Å². The van der Waals surface area contributed by atoms with Crippen molar-refractivity contribution in [2.75, 3.05) is 13.2 Å². The van der Waals surface area contributed by atoms with Crippen molar-refractivity contribution in [3.05, 3.63) is 87.6 Å². The van der Waals surface area contributed by atoms with Crippen LogP contribution in [0.25, 0.3) is 11.0 Å². The number of halogens is 3. The number of unbranched alkanes of at least 4 members (excludes halogenated alkanes) is 2. The van der Waals surface area contributed by atoms with Gasteiger partial charge in [0.25, 0.3) is 5.91 Å². The Labute approximate surface area is 251 Å². The molecule has 0 saturated carbocycles. The lowest BCUT2D eigenvalue weighted by molar-refractivity contribution is -0.136. The van der Waals surface area contributed by atoms with Crippen molar-refractivity contribution in [3.8, 4) is 5.75 Å². The van der Waals surface area contributed by atoms with Crippen molar-refractivity contribution in [1.82, 2.24) is 10.2 Å². The predicted molar refractivity (Wildman–Crippen MR) is 154 cm³/mol. The van der Waals surface area contributed by atoms with E-state index in [-0.39, 0.29) is 29.9 Å². The topological polar surface area (TPSA) is 107 Å². The minimum absolute atomic E-state index is 0.122. The molecule has 3 aliphatic rings. The molecular formula is C32H33F3N2O7. The SMILES string of the molecule is CCCc1c(OCCCCCN2C(=O)NC(C)(C3=COC=C(C4=CC=CCC4)O3)C2=O)ccc2c(C(F)(F)F)cc(=O)oc12. The highest BCUT2D eigenvalue weighted by atomic mass is 19.4. The van der Waals surface area contributed by atoms with E-state index in [0.29, 0.717) is 55.2 Å². The molecule has 1 N–H and O–H groups in total. The predicted octanol–water partition coefficient (Wildman–Crippen LogP) is 6.63. The van der Waals surface area contributed by atoms with E-state index >= 15 is 0 Å². The van der Waals surface area contributed by atoms with Gasteiger partial charge in [-0.3, -0.25) is 9.69 Å². The van der Waals surface area contributed by atoms with Gasteiger partial charge >= 0.3 is 17.8 Å². The lowest BCUT2D eigenvalue weighted by Gasteiger charge is -2.28. The maximum atomic E-state index is 13.5. The lowest BCUT2D eigenvalue weighted by atomic mass is 9.99. The average molecular weight is 615 g/mol. The second kappa shape index (κ2) is 12.6. The molecule has 1 aromatic heterocycles. The summed E-state index contributed by atoms with van der Waals surface area (Å²) in [6.45, 7) is 3.85. The first-order valence-corrected chi connectivity index (χ1v) is 14.6. The summed E-state index contributed by atoms with van der Waals surface area (Å²) in [4.78, 5) is 39.2. The number of imide groups is 1. The number of amides is 3. The molecule has 0 spiro atoms. The first-order valence-electron chi connectivity index (χ1n) is 14.6. The molecule has 9 nitrogen and oxygen atoms in total. The molecule has 0 radical (unpaired) electrons. The third-order valence-electron chi connectivity index (χ3n) is 7.73. The number of alkyl halides is 3. The van der Waals surface area contributed by atoms with Crippen LogP contribution in [0.15, 0.2) is 75.3 Å². The van der Waals surface area contributed by atoms with E-state index in [2.05, 4.69) is 5.32 Å². The summed E-state index contributed by atoms with van der Waals surface area (Å²) in [6.07, 6.45) is 8.21. The number of aryl methyl sites for hydroxylation is 1. The number of hydrogen-bond acceptors (Lipinski definition) is 7. The molecule has 1 unspecified atom stereocenters. The molecule has 0 bridgehead atoms. The molecule has 1 saturated heterocycles. The molecule has 1 aromatic carbocycles. The van der Waals surface area contributed by atoms with Crippen molar-refractivity contribution >= 4 is 22.9 Å². The molecule has 3 amide bonds. The molecule has 1 aliphatic carbocycles. The molecule has 234 valence electrons. The number of carbonyl (C=O) groups is 2. The molecule has 2 aliphatic heterocycles. The quantitative estimate of drug-likeness (QED) is 0.172. The number of fused-ring (bicyclic) bond motifs is 1. The van der Waals surface area contributed by atoms with Crippen LogP contribution in [-0.4, -0.2) is 35.5 Å². The van der Waals surface area contributed by atoms with Crippen LogP contribution in [-0.2, 0) is 26.9 Å². The van der Waals surface area contributed by atoms with Gasteiger partial charge in [-0.05, 0) is 63.2 Å². The number of nitrogens with zero attached hydrogens (tertiary/aromatic N) is 1. The van der Waals surface area contributed by atoms with Gasteiger partial charge in [-0.15, -0.1) is 0 Å². The van der Waals surface area contributed by atoms with Gasteiger partial charge in [-0.1, -0.05) is 31.6 Å². The van der Waals surface area contributed by atoms with E-state index < -0.39 is 34.8 Å². The largest absolute Gasteiger partial charge is 0.493 e. The van der Waals surface area contributed by atoms with Crippen LogP contribution in [0.1, 0.15) is 63.5 Å². The Morgan fingerprint density at radius 2 is 1.93 bits per heavy atom. The number of hydrogen-bond donors (Lipinski definition) is 1. The van der Waals surface area contributed by atoms with Gasteiger partial charge in [-0.2, -0.15) is 13.2 Å². The van der Waals surface area contributed by atoms with Gasteiger partial charge in [0.15, 0.2) is 17.1 Å². The summed E-state index contributed by atoms with van der Waals surface area (Å²) >= 11 is 0. The average Bonchev–Trinajstić information content (AvgIpc) is 3.23. The van der Waals surface area contributed by atoms with Gasteiger partial charge in [0.05, 0.1) is 12.2 Å². The van der Waals surface area contributed by atoms with Crippen LogP contribution in [0.3, 0.4) is 0 Å². The summed E-state index contributed by atoms with van der Waals surface area (Å²) in [7, 11) is 0. The zero-order valence-corrected chi connectivity index (χ0v) is 24.4. The monoisotopic (exact) mass is 614 g/mol. The number of benzene rings is 1. The van der Waals surface area contributed by atoms with Crippen molar-refractivity contribution in [2.24, 2.45) is 0 Å². The normalized spacial score (nSPS) is 20.1. The number of nitrogens with one attached hydrogen (secondary N) is 1. The standard InChI is InChI=1S/C32H33F3N2O7/c1-3-10-22-24(14-13-21-23(32(33,34)35)17-27(38)44-28(21)22)42-16-9-5-8-15-37-29(39)31(2,36-30(37)40)26-19-41-18-25(43-26)20-11-6-4-7-12-20/h4,6,11,13-14,17-19H,3,5,7-10,12,15-16H2,1-2H3,(H,36,40). The number of ether oxygens (including phenoxy) is 3. The summed E-state index contributed by atoms with van der Waals surface area (Å²) in [5.41, 5.74) is -2.33. The Balaban J connectivity index is 1.16. The van der Waals surface area contributed by atoms with Crippen LogP contribution >= 0.6 is 0 Å². The van der Waals surface area contributed by atoms with Crippen molar-refractivity contribution in [1.29, 1.82) is 0 Å². The van der Waals surface area contributed by atoms with E-state index in [1.165, 1.54) is 24.7 Å². The second-order valence-corrected chi connectivity index (χ2v) is 10.9. The number of allylic oxidation sites excluding steroid dienone is 4. The minimum atomic E-state index is -4.70. The van der Waals surface area contributed by atoms with E-state index in [1.807, 2.05) is 25.2 Å². The van der Waals surface area contributed by atoms with Crippen LogP contribution in [0.2, 0.25) is 0 Å². The third-order valence-corrected chi connectivity index (χ3v) is 7.73. The number of rotatable bonds is 11. The van der Waals surface area contributed by atoms with Crippen molar-refractivity contribution in [3.63, 3.8) is 0 Å². The Morgan fingerprint density at radius 3 is 2.66 bits per heavy atom. The fraction of sp³-hybridized carbons (Fsp3) is 0.406. The van der Waals surface area contributed by atoms with E-state index in [0.717, 1.165) is 23.3 Å². The lowest BCUT2D eigenvalue weighted by Crippen LogP contribution is -2.47. The summed E-state index contributed by atoms with van der Waals surface area (Å²) in [5.74, 6) is 0.580. The van der Waals surface area contributed by atoms with Crippen LogP contribution in [0.4, 0.5) is 18.0 Å². The summed E-state index contributed by atoms with van der Waals surface area (Å²) in [5, 5.41) is 2.53. The molecular weight excluding hydrogens is 581 g/mol. The molecule has 1 atom stereocenters. The molecule has 44 heavy (non-hydrogen) atoms. The van der Waals surface area contributed by atoms with Crippen molar-refractivity contribution < 1.29 is 41.4 Å². The highest BCUT2D eigenvalue weighted by molar-refractivity contribution is 6.08. The van der Waals surface area contributed by atoms with E-state index in [1.54, 1.807) is 6.92 Å². The zero-order chi connectivity index (χ0) is 31.5. The van der Waals surface area contributed by atoms with Crippen LogP contribution in [0, 0.1) is 0 Å². The Bertz CT molecular complexity index is 1640. The highest BCUT2D eigenvalue weighted by Gasteiger charge is 2.52. The van der Waals surface area contributed by atoms with Gasteiger partial charge in [0, 0.05) is 23.6 Å². The van der Waals surface area contributed by atoms with Gasteiger partial charge in [0.1, 0.15) is 23.9 Å². The molecule has 5 rings (SSSR count). The molecule has 2 aromatic rings.